The predicted molar refractivity (Wildman–Crippen MR) is 102 cm³/mol. The van der Waals surface area contributed by atoms with Crippen molar-refractivity contribution in [3.63, 3.8) is 0 Å². The van der Waals surface area contributed by atoms with E-state index in [4.69, 9.17) is 8.94 Å². The lowest BCUT2D eigenvalue weighted by Crippen LogP contribution is -2.45. The minimum absolute atomic E-state index is 0.0127. The minimum Gasteiger partial charge on any atom is -0.469 e. The van der Waals surface area contributed by atoms with Crippen molar-refractivity contribution in [2.75, 3.05) is 13.1 Å². The Kier molecular flexibility index (Phi) is 6.24. The number of amides is 1. The van der Waals surface area contributed by atoms with Crippen LogP contribution in [0.25, 0.3) is 0 Å². The number of piperidine rings is 1. The summed E-state index contributed by atoms with van der Waals surface area (Å²) in [4.78, 5) is 12.7. The molecule has 0 radical (unpaired) electrons. The van der Waals surface area contributed by atoms with Crippen LogP contribution in [-0.4, -0.2) is 42.9 Å². The zero-order valence-corrected chi connectivity index (χ0v) is 17.3. The van der Waals surface area contributed by atoms with E-state index >= 15 is 0 Å². The first-order valence-corrected chi connectivity index (χ1v) is 11.0. The number of nitrogens with zero attached hydrogens (tertiary/aromatic N) is 2. The van der Waals surface area contributed by atoms with Crippen molar-refractivity contribution in [2.45, 2.75) is 57.4 Å². The Labute approximate surface area is 165 Å². The van der Waals surface area contributed by atoms with Crippen molar-refractivity contribution in [3.05, 3.63) is 35.6 Å². The van der Waals surface area contributed by atoms with Gasteiger partial charge in [-0.3, -0.25) is 4.79 Å². The fourth-order valence-electron chi connectivity index (χ4n) is 3.58. The van der Waals surface area contributed by atoms with Gasteiger partial charge in [0, 0.05) is 31.5 Å². The van der Waals surface area contributed by atoms with Gasteiger partial charge in [0.05, 0.1) is 6.26 Å². The Morgan fingerprint density at radius 2 is 2.07 bits per heavy atom. The molecule has 1 saturated heterocycles. The molecule has 1 unspecified atom stereocenters. The predicted octanol–water partition coefficient (Wildman–Crippen LogP) is 2.42. The fourth-order valence-corrected chi connectivity index (χ4v) is 5.34. The SMILES string of the molecule is Cc1noc(C)c1S(=O)(=O)N1CCC(C(=O)NC(C)CCc2ccco2)CC1. The molecule has 3 rings (SSSR count). The molecule has 2 aromatic rings. The normalized spacial score (nSPS) is 17.5. The van der Waals surface area contributed by atoms with E-state index in [1.165, 1.54) is 4.31 Å². The van der Waals surface area contributed by atoms with Crippen molar-refractivity contribution in [2.24, 2.45) is 5.92 Å². The number of carbonyl (C=O) groups is 1. The summed E-state index contributed by atoms with van der Waals surface area (Å²) < 4.78 is 37.4. The summed E-state index contributed by atoms with van der Waals surface area (Å²) in [5, 5.41) is 6.78. The number of carbonyl (C=O) groups excluding carboxylic acids is 1. The van der Waals surface area contributed by atoms with E-state index in [2.05, 4.69) is 10.5 Å². The molecule has 0 spiro atoms. The lowest BCUT2D eigenvalue weighted by molar-refractivity contribution is -0.126. The van der Waals surface area contributed by atoms with Gasteiger partial charge >= 0.3 is 0 Å². The lowest BCUT2D eigenvalue weighted by atomic mass is 9.96. The molecule has 1 atom stereocenters. The Morgan fingerprint density at radius 3 is 2.64 bits per heavy atom. The molecule has 9 heteroatoms. The van der Waals surface area contributed by atoms with Crippen LogP contribution < -0.4 is 5.32 Å². The Morgan fingerprint density at radius 1 is 1.36 bits per heavy atom. The molecule has 0 aliphatic carbocycles. The zero-order valence-electron chi connectivity index (χ0n) is 16.5. The van der Waals surface area contributed by atoms with Gasteiger partial charge in [-0.2, -0.15) is 4.31 Å². The van der Waals surface area contributed by atoms with Gasteiger partial charge in [0.15, 0.2) is 5.76 Å². The first kappa shape index (κ1) is 20.6. The highest BCUT2D eigenvalue weighted by Gasteiger charge is 2.35. The number of aromatic nitrogens is 1. The Balaban J connectivity index is 1.51. The maximum absolute atomic E-state index is 12.9. The smallest absolute Gasteiger partial charge is 0.248 e. The third-order valence-corrected chi connectivity index (χ3v) is 7.33. The molecule has 0 saturated carbocycles. The molecule has 0 bridgehead atoms. The van der Waals surface area contributed by atoms with Crippen LogP contribution >= 0.6 is 0 Å². The van der Waals surface area contributed by atoms with Crippen LogP contribution in [0, 0.1) is 19.8 Å². The molecule has 8 nitrogen and oxygen atoms in total. The number of rotatable bonds is 7. The summed E-state index contributed by atoms with van der Waals surface area (Å²) >= 11 is 0. The second-order valence-electron chi connectivity index (χ2n) is 7.36. The van der Waals surface area contributed by atoms with Gasteiger partial charge in [0.25, 0.3) is 0 Å². The van der Waals surface area contributed by atoms with Crippen LogP contribution in [0.2, 0.25) is 0 Å². The van der Waals surface area contributed by atoms with E-state index in [0.717, 1.165) is 18.6 Å². The minimum atomic E-state index is -3.65. The molecule has 1 fully saturated rings. The van der Waals surface area contributed by atoms with E-state index < -0.39 is 10.0 Å². The van der Waals surface area contributed by atoms with Gasteiger partial charge in [-0.1, -0.05) is 5.16 Å². The van der Waals surface area contributed by atoms with Crippen LogP contribution in [0.4, 0.5) is 0 Å². The highest BCUT2D eigenvalue weighted by Crippen LogP contribution is 2.27. The Bertz CT molecular complexity index is 877. The highest BCUT2D eigenvalue weighted by molar-refractivity contribution is 7.89. The second-order valence-corrected chi connectivity index (χ2v) is 9.23. The van der Waals surface area contributed by atoms with Crippen molar-refractivity contribution < 1.29 is 22.2 Å². The summed E-state index contributed by atoms with van der Waals surface area (Å²) in [6.07, 6.45) is 4.20. The molecule has 1 amide bonds. The highest BCUT2D eigenvalue weighted by atomic mass is 32.2. The number of hydrogen-bond donors (Lipinski definition) is 1. The van der Waals surface area contributed by atoms with Gasteiger partial charge in [0.2, 0.25) is 15.9 Å². The zero-order chi connectivity index (χ0) is 20.3. The van der Waals surface area contributed by atoms with E-state index in [-0.39, 0.29) is 22.8 Å². The first-order valence-electron chi connectivity index (χ1n) is 9.55. The van der Waals surface area contributed by atoms with Crippen molar-refractivity contribution in [3.8, 4) is 0 Å². The maximum atomic E-state index is 12.9. The van der Waals surface area contributed by atoms with Crippen LogP contribution in [-0.2, 0) is 21.2 Å². The summed E-state index contributed by atoms with van der Waals surface area (Å²) in [6, 6.07) is 3.80. The van der Waals surface area contributed by atoms with Crippen molar-refractivity contribution in [1.82, 2.24) is 14.8 Å². The van der Waals surface area contributed by atoms with Crippen LogP contribution in [0.5, 0.6) is 0 Å². The fraction of sp³-hybridized carbons (Fsp3) is 0.579. The summed E-state index contributed by atoms with van der Waals surface area (Å²) in [7, 11) is -3.65. The monoisotopic (exact) mass is 409 g/mol. The third kappa shape index (κ3) is 4.47. The van der Waals surface area contributed by atoms with Crippen LogP contribution in [0.1, 0.15) is 43.4 Å². The number of sulfonamides is 1. The van der Waals surface area contributed by atoms with E-state index in [9.17, 15) is 13.2 Å². The molecular weight excluding hydrogens is 382 g/mol. The van der Waals surface area contributed by atoms with E-state index in [0.29, 0.717) is 37.4 Å². The molecule has 3 heterocycles. The summed E-state index contributed by atoms with van der Waals surface area (Å²) in [5.41, 5.74) is 0.364. The van der Waals surface area contributed by atoms with Gasteiger partial charge in [-0.25, -0.2) is 8.42 Å². The van der Waals surface area contributed by atoms with Gasteiger partial charge < -0.3 is 14.3 Å². The lowest BCUT2D eigenvalue weighted by Gasteiger charge is -2.31. The molecule has 2 aromatic heterocycles. The number of hydrogen-bond acceptors (Lipinski definition) is 6. The molecule has 1 aliphatic heterocycles. The van der Waals surface area contributed by atoms with Crippen LogP contribution in [0.3, 0.4) is 0 Å². The van der Waals surface area contributed by atoms with E-state index in [1.54, 1.807) is 20.1 Å². The van der Waals surface area contributed by atoms with Crippen LogP contribution in [0.15, 0.2) is 32.2 Å². The number of nitrogens with one attached hydrogen (secondary N) is 1. The standard InChI is InChI=1S/C19H27N3O5S/c1-13(6-7-17-5-4-12-26-17)20-19(23)16-8-10-22(11-9-16)28(24,25)18-14(2)21-27-15(18)3/h4-5,12-13,16H,6-11H2,1-3H3,(H,20,23). The van der Waals surface area contributed by atoms with Crippen molar-refractivity contribution >= 4 is 15.9 Å². The molecular formula is C19H27N3O5S. The molecule has 154 valence electrons. The summed E-state index contributed by atoms with van der Waals surface area (Å²) in [6.45, 7) is 5.80. The average Bonchev–Trinajstić information content (AvgIpc) is 3.30. The van der Waals surface area contributed by atoms with Crippen molar-refractivity contribution in [1.29, 1.82) is 0 Å². The number of furan rings is 1. The quantitative estimate of drug-likeness (QED) is 0.753. The average molecular weight is 410 g/mol. The van der Waals surface area contributed by atoms with Gasteiger partial charge in [-0.15, -0.1) is 0 Å². The van der Waals surface area contributed by atoms with Gasteiger partial charge in [0.1, 0.15) is 16.3 Å². The second kappa shape index (κ2) is 8.48. The number of aryl methyl sites for hydroxylation is 3. The Hall–Kier alpha value is -2.13. The first-order chi connectivity index (χ1) is 13.3. The molecule has 0 aromatic carbocycles. The molecule has 1 aliphatic rings. The topological polar surface area (TPSA) is 106 Å². The molecule has 28 heavy (non-hydrogen) atoms. The third-order valence-electron chi connectivity index (χ3n) is 5.18. The molecule has 1 N–H and O–H groups in total. The summed E-state index contributed by atoms with van der Waals surface area (Å²) in [5.74, 6) is 1.00. The largest absolute Gasteiger partial charge is 0.469 e. The maximum Gasteiger partial charge on any atom is 0.248 e. The van der Waals surface area contributed by atoms with E-state index in [1.807, 2.05) is 19.1 Å². The van der Waals surface area contributed by atoms with Gasteiger partial charge in [-0.05, 0) is 52.2 Å².